The lowest BCUT2D eigenvalue weighted by Gasteiger charge is -2.15. The lowest BCUT2D eigenvalue weighted by Crippen LogP contribution is -2.41. The highest BCUT2D eigenvalue weighted by Crippen LogP contribution is 2.18. The Morgan fingerprint density at radius 1 is 1.56 bits per heavy atom. The van der Waals surface area contributed by atoms with E-state index in [0.717, 1.165) is 5.01 Å². The first-order valence-electron chi connectivity index (χ1n) is 5.97. The third-order valence-electron chi connectivity index (χ3n) is 2.40. The number of ether oxygens (including phenoxy) is 1. The van der Waals surface area contributed by atoms with Crippen LogP contribution in [-0.4, -0.2) is 37.2 Å². The van der Waals surface area contributed by atoms with Crippen molar-refractivity contribution in [3.05, 3.63) is 16.1 Å². The van der Waals surface area contributed by atoms with Gasteiger partial charge in [-0.15, -0.1) is 11.3 Å². The second-order valence-corrected chi connectivity index (χ2v) is 5.60. The van der Waals surface area contributed by atoms with Gasteiger partial charge in [0.15, 0.2) is 0 Å². The number of amides is 1. The van der Waals surface area contributed by atoms with Crippen molar-refractivity contribution in [2.45, 2.75) is 32.9 Å². The van der Waals surface area contributed by atoms with Crippen molar-refractivity contribution in [3.63, 3.8) is 0 Å². The summed E-state index contributed by atoms with van der Waals surface area (Å²) in [6, 6.07) is 0.119. The molecule has 0 saturated heterocycles. The van der Waals surface area contributed by atoms with Crippen LogP contribution in [0.15, 0.2) is 6.20 Å². The zero-order valence-corrected chi connectivity index (χ0v) is 12.1. The number of aromatic nitrogens is 1. The lowest BCUT2D eigenvalue weighted by molar-refractivity contribution is -0.121. The van der Waals surface area contributed by atoms with Crippen LogP contribution in [0.2, 0.25) is 0 Å². The number of hydrogen-bond acceptors (Lipinski definition) is 5. The van der Waals surface area contributed by atoms with Crippen LogP contribution < -0.4 is 10.6 Å². The molecule has 0 aliphatic rings. The van der Waals surface area contributed by atoms with Crippen LogP contribution in [0.1, 0.15) is 29.8 Å². The Hall–Kier alpha value is -0.980. The summed E-state index contributed by atoms with van der Waals surface area (Å²) in [6.07, 6.45) is 1.85. The molecule has 0 aliphatic heterocycles. The second kappa shape index (κ2) is 7.45. The van der Waals surface area contributed by atoms with Gasteiger partial charge >= 0.3 is 0 Å². The van der Waals surface area contributed by atoms with Crippen LogP contribution >= 0.6 is 11.3 Å². The van der Waals surface area contributed by atoms with Gasteiger partial charge in [0.05, 0.1) is 19.2 Å². The fourth-order valence-corrected chi connectivity index (χ4v) is 2.32. The summed E-state index contributed by atoms with van der Waals surface area (Å²) in [5.74, 6) is -0.0281. The number of rotatable bonds is 7. The van der Waals surface area contributed by atoms with Gasteiger partial charge in [0.25, 0.3) is 0 Å². The summed E-state index contributed by atoms with van der Waals surface area (Å²) in [4.78, 5) is 17.1. The van der Waals surface area contributed by atoms with E-state index in [1.54, 1.807) is 18.4 Å². The van der Waals surface area contributed by atoms with Crippen LogP contribution in [0.4, 0.5) is 0 Å². The van der Waals surface area contributed by atoms with Crippen molar-refractivity contribution >= 4 is 17.2 Å². The van der Waals surface area contributed by atoms with Gasteiger partial charge in [0.1, 0.15) is 5.01 Å². The van der Waals surface area contributed by atoms with Crippen molar-refractivity contribution in [1.82, 2.24) is 15.6 Å². The van der Waals surface area contributed by atoms with Gasteiger partial charge in [0.2, 0.25) is 5.91 Å². The standard InChI is InChI=1S/C12H21N3O2S/c1-8(7-17-4)15-11(16)6-13-10(3)12-14-5-9(2)18-12/h5,8,10,13H,6-7H2,1-4H3,(H,15,16). The molecular formula is C12H21N3O2S. The number of aryl methyl sites for hydroxylation is 1. The Kier molecular flexibility index (Phi) is 6.24. The Balaban J connectivity index is 2.30. The monoisotopic (exact) mass is 271 g/mol. The molecule has 1 heterocycles. The molecule has 1 aromatic rings. The number of carbonyl (C=O) groups is 1. The summed E-state index contributed by atoms with van der Waals surface area (Å²) < 4.78 is 4.96. The first-order valence-corrected chi connectivity index (χ1v) is 6.78. The van der Waals surface area contributed by atoms with Gasteiger partial charge in [-0.25, -0.2) is 4.98 Å². The average Bonchev–Trinajstić information content (AvgIpc) is 2.73. The first kappa shape index (κ1) is 15.1. The molecule has 0 saturated carbocycles. The minimum atomic E-state index is -0.0281. The molecule has 18 heavy (non-hydrogen) atoms. The summed E-state index contributed by atoms with van der Waals surface area (Å²) in [7, 11) is 1.62. The van der Waals surface area contributed by atoms with Crippen LogP contribution in [-0.2, 0) is 9.53 Å². The van der Waals surface area contributed by atoms with Gasteiger partial charge in [-0.1, -0.05) is 0 Å². The predicted molar refractivity (Wildman–Crippen MR) is 72.7 cm³/mol. The predicted octanol–water partition coefficient (Wildman–Crippen LogP) is 1.25. The van der Waals surface area contributed by atoms with Crippen molar-refractivity contribution in [1.29, 1.82) is 0 Å². The summed E-state index contributed by atoms with van der Waals surface area (Å²) in [6.45, 7) is 6.74. The van der Waals surface area contributed by atoms with Crippen molar-refractivity contribution in [3.8, 4) is 0 Å². The maximum absolute atomic E-state index is 11.6. The van der Waals surface area contributed by atoms with Crippen molar-refractivity contribution in [2.75, 3.05) is 20.3 Å². The Morgan fingerprint density at radius 3 is 2.83 bits per heavy atom. The molecule has 2 atom stereocenters. The molecule has 1 amide bonds. The highest BCUT2D eigenvalue weighted by Gasteiger charge is 2.12. The van der Waals surface area contributed by atoms with E-state index in [9.17, 15) is 4.79 Å². The largest absolute Gasteiger partial charge is 0.383 e. The zero-order valence-electron chi connectivity index (χ0n) is 11.3. The van der Waals surface area contributed by atoms with E-state index in [2.05, 4.69) is 15.6 Å². The highest BCUT2D eigenvalue weighted by molar-refractivity contribution is 7.11. The molecule has 5 nitrogen and oxygen atoms in total. The average molecular weight is 271 g/mol. The molecule has 0 aromatic carbocycles. The third-order valence-corrected chi connectivity index (χ3v) is 3.50. The minimum absolute atomic E-state index is 0.0281. The molecule has 2 unspecified atom stereocenters. The fourth-order valence-electron chi connectivity index (χ4n) is 1.52. The lowest BCUT2D eigenvalue weighted by atomic mass is 10.3. The maximum Gasteiger partial charge on any atom is 0.234 e. The van der Waals surface area contributed by atoms with E-state index < -0.39 is 0 Å². The molecule has 1 rings (SSSR count). The SMILES string of the molecule is COCC(C)NC(=O)CNC(C)c1ncc(C)s1. The third kappa shape index (κ3) is 5.12. The number of thiazole rings is 1. The fraction of sp³-hybridized carbons (Fsp3) is 0.667. The normalized spacial score (nSPS) is 14.2. The van der Waals surface area contributed by atoms with Gasteiger partial charge in [-0.2, -0.15) is 0 Å². The van der Waals surface area contributed by atoms with E-state index in [0.29, 0.717) is 6.61 Å². The molecule has 0 aliphatic carbocycles. The smallest absolute Gasteiger partial charge is 0.234 e. The van der Waals surface area contributed by atoms with E-state index >= 15 is 0 Å². The van der Waals surface area contributed by atoms with Crippen molar-refractivity contribution < 1.29 is 9.53 Å². The van der Waals surface area contributed by atoms with Gasteiger partial charge in [0, 0.05) is 24.2 Å². The van der Waals surface area contributed by atoms with Gasteiger partial charge in [-0.3, -0.25) is 10.1 Å². The molecule has 6 heteroatoms. The Labute approximate surface area is 112 Å². The topological polar surface area (TPSA) is 63.2 Å². The quantitative estimate of drug-likeness (QED) is 0.783. The van der Waals surface area contributed by atoms with E-state index in [1.165, 1.54) is 4.88 Å². The Bertz CT molecular complexity index is 381. The van der Waals surface area contributed by atoms with Crippen LogP contribution in [0.3, 0.4) is 0 Å². The second-order valence-electron chi connectivity index (χ2n) is 4.34. The summed E-state index contributed by atoms with van der Waals surface area (Å²) in [5.41, 5.74) is 0. The van der Waals surface area contributed by atoms with Gasteiger partial charge in [-0.05, 0) is 20.8 Å². The van der Waals surface area contributed by atoms with Crippen LogP contribution in [0, 0.1) is 6.92 Å². The molecule has 102 valence electrons. The number of nitrogens with one attached hydrogen (secondary N) is 2. The zero-order chi connectivity index (χ0) is 13.5. The van der Waals surface area contributed by atoms with Crippen LogP contribution in [0.25, 0.3) is 0 Å². The molecule has 2 N–H and O–H groups in total. The van der Waals surface area contributed by atoms with Gasteiger partial charge < -0.3 is 10.1 Å². The molecule has 0 bridgehead atoms. The molecule has 0 fully saturated rings. The number of nitrogens with zero attached hydrogens (tertiary/aromatic N) is 1. The summed E-state index contributed by atoms with van der Waals surface area (Å²) in [5, 5.41) is 7.01. The highest BCUT2D eigenvalue weighted by atomic mass is 32.1. The van der Waals surface area contributed by atoms with E-state index in [-0.39, 0.29) is 24.5 Å². The molecule has 0 spiro atoms. The van der Waals surface area contributed by atoms with E-state index in [4.69, 9.17) is 4.74 Å². The molecular weight excluding hydrogens is 250 g/mol. The van der Waals surface area contributed by atoms with Crippen molar-refractivity contribution in [2.24, 2.45) is 0 Å². The number of methoxy groups -OCH3 is 1. The molecule has 0 radical (unpaired) electrons. The van der Waals surface area contributed by atoms with E-state index in [1.807, 2.05) is 27.0 Å². The first-order chi connectivity index (χ1) is 8.52. The Morgan fingerprint density at radius 2 is 2.28 bits per heavy atom. The minimum Gasteiger partial charge on any atom is -0.383 e. The summed E-state index contributed by atoms with van der Waals surface area (Å²) >= 11 is 1.64. The number of hydrogen-bond donors (Lipinski definition) is 2. The number of carbonyl (C=O) groups excluding carboxylic acids is 1. The molecule has 1 aromatic heterocycles. The van der Waals surface area contributed by atoms with Crippen LogP contribution in [0.5, 0.6) is 0 Å². The maximum atomic E-state index is 11.6.